The molecule has 3 heterocycles. The molecule has 6 heteroatoms. The third kappa shape index (κ3) is 4.09. The monoisotopic (exact) mass is 375 g/mol. The van der Waals surface area contributed by atoms with Crippen molar-refractivity contribution >= 4 is 5.69 Å². The molecule has 3 saturated heterocycles. The number of methoxy groups -OCH3 is 1. The number of piperidine rings is 1. The van der Waals surface area contributed by atoms with Gasteiger partial charge >= 0.3 is 0 Å². The zero-order valence-corrected chi connectivity index (χ0v) is 16.5. The number of benzene rings is 1. The van der Waals surface area contributed by atoms with Gasteiger partial charge in [-0.15, -0.1) is 0 Å². The van der Waals surface area contributed by atoms with Gasteiger partial charge in [-0.1, -0.05) is 6.07 Å². The van der Waals surface area contributed by atoms with Gasteiger partial charge < -0.3 is 19.8 Å². The minimum Gasteiger partial charge on any atom is -0.497 e. The lowest BCUT2D eigenvalue weighted by Gasteiger charge is -2.47. The normalized spacial score (nSPS) is 31.7. The Morgan fingerprint density at radius 3 is 2.70 bits per heavy atom. The Balaban J connectivity index is 1.35. The van der Waals surface area contributed by atoms with Gasteiger partial charge in [0.25, 0.3) is 0 Å². The van der Waals surface area contributed by atoms with Gasteiger partial charge in [-0.05, 0) is 38.3 Å². The molecule has 0 bridgehead atoms. The molecule has 2 N–H and O–H groups in total. The topological polar surface area (TPSA) is 59.4 Å². The van der Waals surface area contributed by atoms with Crippen LogP contribution in [0.25, 0.3) is 0 Å². The largest absolute Gasteiger partial charge is 0.497 e. The number of piperazine rings is 1. The van der Waals surface area contributed by atoms with E-state index in [2.05, 4.69) is 33.8 Å². The summed E-state index contributed by atoms with van der Waals surface area (Å²) in [5.41, 5.74) is 0.543. The molecule has 1 aromatic rings. The van der Waals surface area contributed by atoms with Gasteiger partial charge in [0.15, 0.2) is 0 Å². The van der Waals surface area contributed by atoms with Gasteiger partial charge in [-0.2, -0.15) is 0 Å². The molecule has 3 aliphatic heterocycles. The fourth-order valence-corrected chi connectivity index (χ4v) is 5.02. The lowest BCUT2D eigenvalue weighted by Crippen LogP contribution is -2.60. The highest BCUT2D eigenvalue weighted by Crippen LogP contribution is 2.31. The maximum absolute atomic E-state index is 11.2. The molecule has 0 amide bonds. The minimum absolute atomic E-state index is 0.184. The molecule has 27 heavy (non-hydrogen) atoms. The first-order valence-electron chi connectivity index (χ1n) is 10.2. The average molecular weight is 376 g/mol. The summed E-state index contributed by atoms with van der Waals surface area (Å²) >= 11 is 0. The van der Waals surface area contributed by atoms with Crippen molar-refractivity contribution in [1.29, 1.82) is 0 Å². The van der Waals surface area contributed by atoms with Gasteiger partial charge in [0.05, 0.1) is 18.8 Å². The van der Waals surface area contributed by atoms with E-state index in [1.54, 1.807) is 7.11 Å². The maximum atomic E-state index is 11.2. The molecule has 150 valence electrons. The Hall–Kier alpha value is -1.34. The molecular formula is C21H33N3O3. The van der Waals surface area contributed by atoms with Crippen LogP contribution in [0.4, 0.5) is 5.69 Å². The van der Waals surface area contributed by atoms with Crippen molar-refractivity contribution in [3.63, 3.8) is 0 Å². The minimum atomic E-state index is -0.622. The van der Waals surface area contributed by atoms with Crippen molar-refractivity contribution in [3.05, 3.63) is 24.3 Å². The first-order chi connectivity index (χ1) is 13.0. The Labute approximate surface area is 162 Å². The number of rotatable bonds is 4. The Bertz CT molecular complexity index is 647. The summed E-state index contributed by atoms with van der Waals surface area (Å²) in [7, 11) is 1.69. The summed E-state index contributed by atoms with van der Waals surface area (Å²) in [5.74, 6) is 0.874. The number of fused-ring (bicyclic) bond motifs is 1. The third-order valence-electron chi connectivity index (χ3n) is 6.68. The summed E-state index contributed by atoms with van der Waals surface area (Å²) < 4.78 is 5.34. The molecule has 1 aromatic carbocycles. The summed E-state index contributed by atoms with van der Waals surface area (Å²) in [5, 5.41) is 21.2. The lowest BCUT2D eigenvalue weighted by atomic mass is 9.89. The third-order valence-corrected chi connectivity index (χ3v) is 6.68. The predicted molar refractivity (Wildman–Crippen MR) is 106 cm³/mol. The van der Waals surface area contributed by atoms with Crippen LogP contribution < -0.4 is 9.64 Å². The summed E-state index contributed by atoms with van der Waals surface area (Å²) in [4.78, 5) is 7.20. The highest BCUT2D eigenvalue weighted by atomic mass is 16.5. The number of β-amino-alcohol motifs (C(OH)–C–C–N with tert-alkyl or cyclic N) is 1. The van der Waals surface area contributed by atoms with Crippen LogP contribution in [-0.2, 0) is 0 Å². The molecule has 0 aliphatic carbocycles. The van der Waals surface area contributed by atoms with E-state index in [1.165, 1.54) is 5.69 Å². The van der Waals surface area contributed by atoms with Crippen LogP contribution >= 0.6 is 0 Å². The van der Waals surface area contributed by atoms with Crippen LogP contribution in [0.3, 0.4) is 0 Å². The standard InChI is InChI=1S/C21H33N3O3/c1-16-12-23-14-19(25)10-18(23)13-24(16)15-21(26)6-8-22(9-7-21)17-4-3-5-20(11-17)27-2/h3-5,11,16,18-19,25-26H,6-10,12-15H2,1-2H3/t16-,18?,19+/m0/s1. The molecule has 0 aromatic heterocycles. The summed E-state index contributed by atoms with van der Waals surface area (Å²) in [6, 6.07) is 9.02. The molecule has 0 saturated carbocycles. The van der Waals surface area contributed by atoms with Crippen molar-refractivity contribution in [2.24, 2.45) is 0 Å². The molecule has 6 nitrogen and oxygen atoms in total. The molecule has 0 spiro atoms. The molecule has 0 radical (unpaired) electrons. The van der Waals surface area contributed by atoms with Gasteiger partial charge in [0.1, 0.15) is 5.75 Å². The number of ether oxygens (including phenoxy) is 1. The molecule has 4 rings (SSSR count). The molecule has 1 unspecified atom stereocenters. The lowest BCUT2D eigenvalue weighted by molar-refractivity contribution is -0.0472. The van der Waals surface area contributed by atoms with Crippen LogP contribution in [-0.4, -0.2) is 90.2 Å². The van der Waals surface area contributed by atoms with Crippen LogP contribution in [0.2, 0.25) is 0 Å². The van der Waals surface area contributed by atoms with Crippen LogP contribution in [0, 0.1) is 0 Å². The van der Waals surface area contributed by atoms with Crippen LogP contribution in [0.5, 0.6) is 5.75 Å². The van der Waals surface area contributed by atoms with Crippen molar-refractivity contribution in [3.8, 4) is 5.75 Å². The molecule has 3 fully saturated rings. The predicted octanol–water partition coefficient (Wildman–Crippen LogP) is 1.17. The van der Waals surface area contributed by atoms with E-state index >= 15 is 0 Å². The SMILES string of the molecule is COc1cccc(N2CCC(O)(CN3CC4C[C@@H](O)CN4C[C@@H]3C)CC2)c1. The molecule has 3 atom stereocenters. The number of aliphatic hydroxyl groups excluding tert-OH is 1. The van der Waals surface area contributed by atoms with Crippen molar-refractivity contribution in [2.45, 2.75) is 50.0 Å². The smallest absolute Gasteiger partial charge is 0.120 e. The maximum Gasteiger partial charge on any atom is 0.120 e. The Kier molecular flexibility index (Phi) is 5.34. The summed E-state index contributed by atoms with van der Waals surface area (Å²) in [6.07, 6.45) is 2.25. The number of anilines is 1. The molecular weight excluding hydrogens is 342 g/mol. The summed E-state index contributed by atoms with van der Waals surface area (Å²) in [6.45, 7) is 7.47. The fourth-order valence-electron chi connectivity index (χ4n) is 5.02. The van der Waals surface area contributed by atoms with E-state index in [0.717, 1.165) is 64.3 Å². The van der Waals surface area contributed by atoms with Crippen molar-refractivity contribution in [1.82, 2.24) is 9.80 Å². The number of hydrogen-bond acceptors (Lipinski definition) is 6. The van der Waals surface area contributed by atoms with E-state index in [-0.39, 0.29) is 6.10 Å². The second kappa shape index (κ2) is 7.59. The van der Waals surface area contributed by atoms with Crippen molar-refractivity contribution < 1.29 is 14.9 Å². The number of hydrogen-bond donors (Lipinski definition) is 2. The van der Waals surface area contributed by atoms with Gasteiger partial charge in [-0.25, -0.2) is 0 Å². The van der Waals surface area contributed by atoms with Gasteiger partial charge in [0.2, 0.25) is 0 Å². The van der Waals surface area contributed by atoms with E-state index in [0.29, 0.717) is 12.1 Å². The van der Waals surface area contributed by atoms with Crippen molar-refractivity contribution in [2.75, 3.05) is 51.3 Å². The highest BCUT2D eigenvalue weighted by Gasteiger charge is 2.41. The first-order valence-corrected chi connectivity index (χ1v) is 10.2. The quantitative estimate of drug-likeness (QED) is 0.824. The average Bonchev–Trinajstić information content (AvgIpc) is 3.01. The van der Waals surface area contributed by atoms with Gasteiger partial charge in [0, 0.05) is 63.1 Å². The number of aliphatic hydroxyl groups is 2. The second-order valence-corrected chi connectivity index (χ2v) is 8.69. The van der Waals surface area contributed by atoms with E-state index in [4.69, 9.17) is 4.74 Å². The first kappa shape index (κ1) is 19.0. The number of nitrogens with zero attached hydrogens (tertiary/aromatic N) is 3. The van der Waals surface area contributed by atoms with E-state index in [1.807, 2.05) is 12.1 Å². The Morgan fingerprint density at radius 1 is 1.19 bits per heavy atom. The fraction of sp³-hybridized carbons (Fsp3) is 0.714. The second-order valence-electron chi connectivity index (χ2n) is 8.69. The van der Waals surface area contributed by atoms with Crippen LogP contribution in [0.15, 0.2) is 24.3 Å². The highest BCUT2D eigenvalue weighted by molar-refractivity contribution is 5.51. The zero-order chi connectivity index (χ0) is 19.0. The zero-order valence-electron chi connectivity index (χ0n) is 16.5. The van der Waals surface area contributed by atoms with E-state index < -0.39 is 5.60 Å². The van der Waals surface area contributed by atoms with E-state index in [9.17, 15) is 10.2 Å². The Morgan fingerprint density at radius 2 is 1.96 bits per heavy atom. The van der Waals surface area contributed by atoms with Crippen LogP contribution in [0.1, 0.15) is 26.2 Å². The molecule has 3 aliphatic rings. The van der Waals surface area contributed by atoms with Gasteiger partial charge in [-0.3, -0.25) is 9.80 Å².